The van der Waals surface area contributed by atoms with Crippen LogP contribution < -0.4 is 11.1 Å². The maximum absolute atomic E-state index is 11.7. The van der Waals surface area contributed by atoms with Crippen molar-refractivity contribution >= 4 is 11.9 Å². The Morgan fingerprint density at radius 1 is 1.35 bits per heavy atom. The number of ether oxygens (including phenoxy) is 1. The van der Waals surface area contributed by atoms with Crippen LogP contribution >= 0.6 is 0 Å². The summed E-state index contributed by atoms with van der Waals surface area (Å²) in [7, 11) is 1.43. The van der Waals surface area contributed by atoms with Gasteiger partial charge in [0.25, 0.3) is 0 Å². The van der Waals surface area contributed by atoms with Gasteiger partial charge in [-0.3, -0.25) is 4.79 Å². The molecular formula is C14H20N2O4. The smallest absolute Gasteiger partial charge is 0.326 e. The van der Waals surface area contributed by atoms with Gasteiger partial charge in [-0.2, -0.15) is 0 Å². The van der Waals surface area contributed by atoms with Gasteiger partial charge in [0, 0.05) is 7.11 Å². The minimum Gasteiger partial charge on any atom is -0.480 e. The number of carbonyl (C=O) groups is 2. The lowest BCUT2D eigenvalue weighted by Gasteiger charge is -2.17. The Labute approximate surface area is 117 Å². The number of aryl methyl sites for hydroxylation is 1. The van der Waals surface area contributed by atoms with Crippen LogP contribution in [0.5, 0.6) is 0 Å². The molecule has 4 N–H and O–H groups in total. The molecule has 0 bridgehead atoms. The Balaban J connectivity index is 2.52. The van der Waals surface area contributed by atoms with Crippen molar-refractivity contribution in [2.75, 3.05) is 13.7 Å². The van der Waals surface area contributed by atoms with Crippen molar-refractivity contribution in [2.45, 2.75) is 24.9 Å². The number of carboxylic acid groups (broad SMARTS) is 1. The molecule has 1 unspecified atom stereocenters. The van der Waals surface area contributed by atoms with E-state index in [1.165, 1.54) is 7.11 Å². The molecule has 2 atom stereocenters. The highest BCUT2D eigenvalue weighted by molar-refractivity contribution is 5.86. The molecule has 6 heteroatoms. The van der Waals surface area contributed by atoms with Gasteiger partial charge in [-0.1, -0.05) is 30.3 Å². The highest BCUT2D eigenvalue weighted by Gasteiger charge is 2.22. The Hall–Kier alpha value is -1.92. The second-order valence-electron chi connectivity index (χ2n) is 4.49. The van der Waals surface area contributed by atoms with Gasteiger partial charge in [0.15, 0.2) is 0 Å². The predicted octanol–water partition coefficient (Wildman–Crippen LogP) is 0.162. The number of rotatable bonds is 8. The molecule has 0 fully saturated rings. The van der Waals surface area contributed by atoms with E-state index >= 15 is 0 Å². The molecule has 6 nitrogen and oxygen atoms in total. The average molecular weight is 280 g/mol. The van der Waals surface area contributed by atoms with Crippen LogP contribution in [0.4, 0.5) is 0 Å². The summed E-state index contributed by atoms with van der Waals surface area (Å²) in [6.45, 7) is 0.0524. The van der Waals surface area contributed by atoms with Gasteiger partial charge in [0.05, 0.1) is 6.61 Å². The van der Waals surface area contributed by atoms with Crippen LogP contribution in [0, 0.1) is 0 Å². The van der Waals surface area contributed by atoms with Crippen LogP contribution in [0.15, 0.2) is 30.3 Å². The molecule has 20 heavy (non-hydrogen) atoms. The minimum absolute atomic E-state index is 0.0524. The molecule has 0 radical (unpaired) electrons. The summed E-state index contributed by atoms with van der Waals surface area (Å²) in [6, 6.07) is 7.68. The van der Waals surface area contributed by atoms with Crippen molar-refractivity contribution in [3.05, 3.63) is 35.9 Å². The van der Waals surface area contributed by atoms with Crippen molar-refractivity contribution in [1.29, 1.82) is 0 Å². The molecular weight excluding hydrogens is 260 g/mol. The van der Waals surface area contributed by atoms with E-state index in [9.17, 15) is 9.59 Å². The fourth-order valence-electron chi connectivity index (χ4n) is 1.75. The lowest BCUT2D eigenvalue weighted by molar-refractivity contribution is -0.142. The molecule has 1 rings (SSSR count). The third-order valence-electron chi connectivity index (χ3n) is 2.86. The number of hydrogen-bond donors (Lipinski definition) is 3. The molecule has 0 aliphatic rings. The van der Waals surface area contributed by atoms with E-state index in [0.717, 1.165) is 5.56 Å². The monoisotopic (exact) mass is 280 g/mol. The first-order chi connectivity index (χ1) is 9.54. The van der Waals surface area contributed by atoms with E-state index in [4.69, 9.17) is 15.6 Å². The third kappa shape index (κ3) is 5.38. The number of amides is 1. The number of benzene rings is 1. The zero-order chi connectivity index (χ0) is 15.0. The number of hydrogen-bond acceptors (Lipinski definition) is 4. The fraction of sp³-hybridized carbons (Fsp3) is 0.429. The van der Waals surface area contributed by atoms with Gasteiger partial charge in [0.1, 0.15) is 12.1 Å². The highest BCUT2D eigenvalue weighted by Crippen LogP contribution is 2.05. The molecule has 0 aliphatic carbocycles. The summed E-state index contributed by atoms with van der Waals surface area (Å²) in [5.41, 5.74) is 6.58. The quantitative estimate of drug-likeness (QED) is 0.629. The Morgan fingerprint density at radius 2 is 2.00 bits per heavy atom. The van der Waals surface area contributed by atoms with Crippen molar-refractivity contribution < 1.29 is 19.4 Å². The molecule has 0 saturated carbocycles. The average Bonchev–Trinajstić information content (AvgIpc) is 2.44. The normalized spacial score (nSPS) is 13.5. The first-order valence-corrected chi connectivity index (χ1v) is 6.36. The topological polar surface area (TPSA) is 102 Å². The van der Waals surface area contributed by atoms with E-state index in [1.54, 1.807) is 0 Å². The molecule has 1 amide bonds. The number of carboxylic acids is 1. The lowest BCUT2D eigenvalue weighted by atomic mass is 10.0. The molecule has 0 aromatic heterocycles. The minimum atomic E-state index is -1.07. The second-order valence-corrected chi connectivity index (χ2v) is 4.49. The van der Waals surface area contributed by atoms with E-state index in [2.05, 4.69) is 5.32 Å². The molecule has 0 aliphatic heterocycles. The van der Waals surface area contributed by atoms with Crippen molar-refractivity contribution in [2.24, 2.45) is 5.73 Å². The zero-order valence-electron chi connectivity index (χ0n) is 11.4. The third-order valence-corrected chi connectivity index (χ3v) is 2.86. The Morgan fingerprint density at radius 3 is 2.55 bits per heavy atom. The predicted molar refractivity (Wildman–Crippen MR) is 74.2 cm³/mol. The molecule has 0 saturated heterocycles. The summed E-state index contributed by atoms with van der Waals surface area (Å²) in [5, 5.41) is 11.6. The second kappa shape index (κ2) is 8.29. The standard InChI is InChI=1S/C14H20N2O4/c1-20-9-11(15)13(17)16-12(14(18)19)8-7-10-5-3-2-4-6-10/h2-6,11-12H,7-9,15H2,1H3,(H,16,17)(H,18,19)/t11?,12-/m0/s1. The number of carbonyl (C=O) groups excluding carboxylic acids is 1. The lowest BCUT2D eigenvalue weighted by Crippen LogP contribution is -2.50. The fourth-order valence-corrected chi connectivity index (χ4v) is 1.75. The van der Waals surface area contributed by atoms with Gasteiger partial charge >= 0.3 is 5.97 Å². The molecule has 1 aromatic carbocycles. The van der Waals surface area contributed by atoms with Crippen molar-refractivity contribution in [3.8, 4) is 0 Å². The Kier molecular flexibility index (Phi) is 6.69. The molecule has 1 aromatic rings. The highest BCUT2D eigenvalue weighted by atomic mass is 16.5. The van der Waals surface area contributed by atoms with Gasteiger partial charge in [-0.05, 0) is 18.4 Å². The van der Waals surface area contributed by atoms with Crippen LogP contribution in [-0.2, 0) is 20.7 Å². The van der Waals surface area contributed by atoms with Crippen LogP contribution in [0.1, 0.15) is 12.0 Å². The van der Waals surface area contributed by atoms with Gasteiger partial charge in [0.2, 0.25) is 5.91 Å². The first kappa shape index (κ1) is 16.1. The van der Waals surface area contributed by atoms with Gasteiger partial charge in [-0.25, -0.2) is 4.79 Å². The molecule has 0 spiro atoms. The number of nitrogens with one attached hydrogen (secondary N) is 1. The number of aliphatic carboxylic acids is 1. The summed E-state index contributed by atoms with van der Waals surface area (Å²) >= 11 is 0. The summed E-state index contributed by atoms with van der Waals surface area (Å²) in [4.78, 5) is 22.8. The van der Waals surface area contributed by atoms with Crippen LogP contribution in [0.25, 0.3) is 0 Å². The SMILES string of the molecule is COCC(N)C(=O)N[C@@H](CCc1ccccc1)C(=O)O. The summed E-state index contributed by atoms with van der Waals surface area (Å²) < 4.78 is 4.76. The van der Waals surface area contributed by atoms with E-state index < -0.39 is 24.0 Å². The number of methoxy groups -OCH3 is 1. The van der Waals surface area contributed by atoms with E-state index in [-0.39, 0.29) is 6.61 Å². The number of nitrogens with two attached hydrogens (primary N) is 1. The van der Waals surface area contributed by atoms with Gasteiger partial charge < -0.3 is 20.9 Å². The van der Waals surface area contributed by atoms with Gasteiger partial charge in [-0.15, -0.1) is 0 Å². The van der Waals surface area contributed by atoms with Crippen molar-refractivity contribution in [3.63, 3.8) is 0 Å². The summed E-state index contributed by atoms with van der Waals surface area (Å²) in [6.07, 6.45) is 0.877. The largest absolute Gasteiger partial charge is 0.480 e. The molecule has 0 heterocycles. The summed E-state index contributed by atoms with van der Waals surface area (Å²) in [5.74, 6) is -1.59. The zero-order valence-corrected chi connectivity index (χ0v) is 11.4. The maximum Gasteiger partial charge on any atom is 0.326 e. The Bertz CT molecular complexity index is 436. The van der Waals surface area contributed by atoms with Crippen LogP contribution in [0.2, 0.25) is 0 Å². The molecule has 110 valence electrons. The van der Waals surface area contributed by atoms with Crippen molar-refractivity contribution in [1.82, 2.24) is 5.32 Å². The maximum atomic E-state index is 11.7. The van der Waals surface area contributed by atoms with Crippen LogP contribution in [0.3, 0.4) is 0 Å². The van der Waals surface area contributed by atoms with Crippen LogP contribution in [-0.4, -0.2) is 42.8 Å². The first-order valence-electron chi connectivity index (χ1n) is 6.36. The van der Waals surface area contributed by atoms with E-state index in [0.29, 0.717) is 12.8 Å². The van der Waals surface area contributed by atoms with E-state index in [1.807, 2.05) is 30.3 Å².